The number of hydrogen-bond acceptors (Lipinski definition) is 5. The minimum atomic E-state index is 0.0680. The van der Waals surface area contributed by atoms with E-state index in [1.807, 2.05) is 11.8 Å². The molecule has 46 heavy (non-hydrogen) atoms. The summed E-state index contributed by atoms with van der Waals surface area (Å²) in [5.74, 6) is 1.99. The lowest BCUT2D eigenvalue weighted by atomic mass is 9.86. The monoisotopic (exact) mass is 618 g/mol. The molecule has 0 N–H and O–H groups in total. The smallest absolute Gasteiger partial charge is 0.164 e. The van der Waals surface area contributed by atoms with Crippen LogP contribution in [0, 0.1) is 0 Å². The lowest BCUT2D eigenvalue weighted by molar-refractivity contribution is 0.590. The van der Waals surface area contributed by atoms with E-state index in [1.165, 1.54) is 32.3 Å². The van der Waals surface area contributed by atoms with Gasteiger partial charge in [-0.3, -0.25) is 0 Å². The Kier molecular flexibility index (Phi) is 7.53. The van der Waals surface area contributed by atoms with Crippen LogP contribution in [-0.4, -0.2) is 15.0 Å². The summed E-state index contributed by atoms with van der Waals surface area (Å²) >= 11 is 1.82. The van der Waals surface area contributed by atoms with Crippen LogP contribution >= 0.6 is 11.8 Å². The zero-order valence-corrected chi connectivity index (χ0v) is 28.1. The Morgan fingerprint density at radius 1 is 0.435 bits per heavy atom. The van der Waals surface area contributed by atoms with Crippen molar-refractivity contribution in [1.82, 2.24) is 15.0 Å². The quantitative estimate of drug-likeness (QED) is 0.196. The second kappa shape index (κ2) is 11.6. The van der Waals surface area contributed by atoms with E-state index in [4.69, 9.17) is 15.0 Å². The molecule has 1 aliphatic heterocycles. The average Bonchev–Trinajstić information content (AvgIpc) is 3.06. The molecule has 0 atom stereocenters. The number of rotatable bonds is 4. The summed E-state index contributed by atoms with van der Waals surface area (Å²) in [6.07, 6.45) is 0. The highest BCUT2D eigenvalue weighted by Crippen LogP contribution is 2.51. The second-order valence-corrected chi connectivity index (χ2v) is 15.0. The van der Waals surface area contributed by atoms with Gasteiger partial charge in [0.25, 0.3) is 0 Å². The molecule has 0 aliphatic carbocycles. The zero-order chi connectivity index (χ0) is 32.1. The molecular formula is C41H38N4S. The molecular weight excluding hydrogens is 581 g/mol. The number of anilines is 3. The van der Waals surface area contributed by atoms with Crippen molar-refractivity contribution in [3.05, 3.63) is 132 Å². The van der Waals surface area contributed by atoms with Crippen LogP contribution in [0.1, 0.15) is 52.7 Å². The molecule has 0 saturated heterocycles. The number of benzene rings is 5. The van der Waals surface area contributed by atoms with Crippen molar-refractivity contribution in [2.24, 2.45) is 0 Å². The molecule has 0 saturated carbocycles. The van der Waals surface area contributed by atoms with Gasteiger partial charge in [0, 0.05) is 32.2 Å². The Morgan fingerprint density at radius 3 is 1.15 bits per heavy atom. The minimum absolute atomic E-state index is 0.0680. The maximum Gasteiger partial charge on any atom is 0.164 e. The highest BCUT2D eigenvalue weighted by atomic mass is 32.2. The van der Waals surface area contributed by atoms with Gasteiger partial charge in [0.2, 0.25) is 0 Å². The van der Waals surface area contributed by atoms with E-state index in [1.54, 1.807) is 0 Å². The lowest BCUT2D eigenvalue weighted by Crippen LogP contribution is -2.14. The molecule has 0 fully saturated rings. The van der Waals surface area contributed by atoms with Crippen LogP contribution in [0.25, 0.3) is 34.2 Å². The van der Waals surface area contributed by atoms with Gasteiger partial charge < -0.3 is 4.90 Å². The predicted octanol–water partition coefficient (Wildman–Crippen LogP) is 11.4. The molecule has 0 radical (unpaired) electrons. The highest BCUT2D eigenvalue weighted by molar-refractivity contribution is 7.99. The van der Waals surface area contributed by atoms with Gasteiger partial charge in [-0.2, -0.15) is 0 Å². The van der Waals surface area contributed by atoms with Crippen LogP contribution in [0.5, 0.6) is 0 Å². The Morgan fingerprint density at radius 2 is 0.783 bits per heavy atom. The predicted molar refractivity (Wildman–Crippen MR) is 192 cm³/mol. The van der Waals surface area contributed by atoms with Gasteiger partial charge in [-0.1, -0.05) is 126 Å². The second-order valence-electron chi connectivity index (χ2n) is 13.9. The summed E-state index contributed by atoms with van der Waals surface area (Å²) in [6.45, 7) is 13.4. The van der Waals surface area contributed by atoms with Gasteiger partial charge in [-0.05, 0) is 70.5 Å². The molecule has 0 amide bonds. The van der Waals surface area contributed by atoms with Crippen LogP contribution < -0.4 is 4.90 Å². The maximum absolute atomic E-state index is 5.02. The van der Waals surface area contributed by atoms with Crippen molar-refractivity contribution in [3.63, 3.8) is 0 Å². The molecule has 5 aromatic carbocycles. The van der Waals surface area contributed by atoms with Crippen molar-refractivity contribution in [2.45, 2.75) is 62.2 Å². The summed E-state index contributed by atoms with van der Waals surface area (Å²) in [5, 5.41) is 0. The highest BCUT2D eigenvalue weighted by Gasteiger charge is 2.24. The molecule has 5 heteroatoms. The van der Waals surface area contributed by atoms with Crippen LogP contribution in [0.2, 0.25) is 0 Å². The van der Waals surface area contributed by atoms with Gasteiger partial charge in [-0.25, -0.2) is 15.0 Å². The first-order valence-corrected chi connectivity index (χ1v) is 16.6. The molecule has 7 rings (SSSR count). The van der Waals surface area contributed by atoms with Gasteiger partial charge in [0.05, 0.1) is 11.4 Å². The van der Waals surface area contributed by atoms with Crippen LogP contribution in [0.15, 0.2) is 131 Å². The number of hydrogen-bond donors (Lipinski definition) is 0. The zero-order valence-electron chi connectivity index (χ0n) is 27.2. The largest absolute Gasteiger partial charge is 0.308 e. The third-order valence-electron chi connectivity index (χ3n) is 8.47. The van der Waals surface area contributed by atoms with Gasteiger partial charge in [-0.15, -0.1) is 0 Å². The first-order valence-electron chi connectivity index (χ1n) is 15.8. The first kappa shape index (κ1) is 29.9. The first-order chi connectivity index (χ1) is 22.0. The van der Waals surface area contributed by atoms with E-state index >= 15 is 0 Å². The van der Waals surface area contributed by atoms with E-state index < -0.39 is 0 Å². The van der Waals surface area contributed by atoms with Crippen molar-refractivity contribution in [1.29, 1.82) is 0 Å². The molecule has 2 heterocycles. The maximum atomic E-state index is 5.02. The van der Waals surface area contributed by atoms with Crippen LogP contribution in [0.3, 0.4) is 0 Å². The fourth-order valence-corrected chi connectivity index (χ4v) is 6.80. The molecule has 1 aromatic heterocycles. The topological polar surface area (TPSA) is 41.9 Å². The fourth-order valence-electron chi connectivity index (χ4n) is 5.74. The summed E-state index contributed by atoms with van der Waals surface area (Å²) in [5.41, 5.74) is 9.03. The van der Waals surface area contributed by atoms with E-state index in [0.29, 0.717) is 17.5 Å². The van der Waals surface area contributed by atoms with Crippen LogP contribution in [-0.2, 0) is 10.8 Å². The summed E-state index contributed by atoms with van der Waals surface area (Å²) in [6, 6.07) is 42.9. The molecule has 228 valence electrons. The molecule has 1 aliphatic rings. The van der Waals surface area contributed by atoms with Gasteiger partial charge in [0.15, 0.2) is 17.5 Å². The van der Waals surface area contributed by atoms with Crippen molar-refractivity contribution in [3.8, 4) is 34.2 Å². The fraction of sp³-hybridized carbons (Fsp3) is 0.195. The van der Waals surface area contributed by atoms with Crippen molar-refractivity contribution >= 4 is 28.8 Å². The number of para-hydroxylation sites is 2. The molecule has 4 nitrogen and oxygen atoms in total. The lowest BCUT2D eigenvalue weighted by Gasteiger charge is -2.32. The third-order valence-corrected chi connectivity index (χ3v) is 9.60. The summed E-state index contributed by atoms with van der Waals surface area (Å²) in [4.78, 5) is 19.9. The Bertz CT molecular complexity index is 1900. The van der Waals surface area contributed by atoms with Crippen LogP contribution in [0.4, 0.5) is 17.1 Å². The van der Waals surface area contributed by atoms with E-state index in [-0.39, 0.29) is 10.8 Å². The molecule has 6 aromatic rings. The van der Waals surface area contributed by atoms with Crippen molar-refractivity contribution in [2.75, 3.05) is 4.90 Å². The van der Waals surface area contributed by atoms with E-state index in [0.717, 1.165) is 22.4 Å². The number of aromatic nitrogens is 3. The Hall–Kier alpha value is -4.74. The normalized spacial score (nSPS) is 12.9. The number of nitrogens with zero attached hydrogens (tertiary/aromatic N) is 4. The Balaban J connectivity index is 1.31. The summed E-state index contributed by atoms with van der Waals surface area (Å²) in [7, 11) is 0. The Labute approximate surface area is 276 Å². The van der Waals surface area contributed by atoms with Crippen molar-refractivity contribution < 1.29 is 0 Å². The third kappa shape index (κ3) is 5.83. The summed E-state index contributed by atoms with van der Waals surface area (Å²) < 4.78 is 0. The standard InChI is InChI=1S/C41H38N4S/c1-40(2,3)30-21-15-27(16-22-30)37-42-38(28-17-23-31(24-18-28)41(4,5)6)44-39(43-37)29-19-25-32(26-20-29)45-33-11-7-9-13-35(33)46-36-14-10-8-12-34(36)45/h7-26H,1-6H3. The molecule has 0 bridgehead atoms. The molecule has 0 unspecified atom stereocenters. The van der Waals surface area contributed by atoms with Gasteiger partial charge >= 0.3 is 0 Å². The minimum Gasteiger partial charge on any atom is -0.308 e. The van der Waals surface area contributed by atoms with E-state index in [9.17, 15) is 0 Å². The molecule has 0 spiro atoms. The SMILES string of the molecule is CC(C)(C)c1ccc(-c2nc(-c3ccc(N4c5ccccc5Sc5ccccc54)cc3)nc(-c3ccc(C(C)(C)C)cc3)n2)cc1. The van der Waals surface area contributed by atoms with E-state index in [2.05, 4.69) is 168 Å². The number of fused-ring (bicyclic) bond motifs is 2. The average molecular weight is 619 g/mol. The van der Waals surface area contributed by atoms with Gasteiger partial charge in [0.1, 0.15) is 0 Å².